The van der Waals surface area contributed by atoms with E-state index in [1.165, 1.54) is 0 Å². The molecular weight excluding hydrogens is 208 g/mol. The Hall–Kier alpha value is -0.810. The smallest absolute Gasteiger partial charge is 0.225 e. The van der Waals surface area contributed by atoms with E-state index in [0.717, 1.165) is 30.5 Å². The predicted molar refractivity (Wildman–Crippen MR) is 66.4 cm³/mol. The van der Waals surface area contributed by atoms with Gasteiger partial charge in [0.05, 0.1) is 5.69 Å². The van der Waals surface area contributed by atoms with Gasteiger partial charge in [0.1, 0.15) is 0 Å². The first kappa shape index (κ1) is 12.3. The van der Waals surface area contributed by atoms with Crippen molar-refractivity contribution in [3.05, 3.63) is 18.0 Å². The second kappa shape index (κ2) is 6.63. The number of aromatic nitrogens is 2. The van der Waals surface area contributed by atoms with E-state index in [1.807, 2.05) is 36.8 Å². The van der Waals surface area contributed by atoms with Crippen LogP contribution < -0.4 is 10.2 Å². The van der Waals surface area contributed by atoms with Gasteiger partial charge in [0, 0.05) is 39.1 Å². The van der Waals surface area contributed by atoms with Gasteiger partial charge < -0.3 is 10.2 Å². The number of rotatable bonds is 6. The molecule has 5 heteroatoms. The van der Waals surface area contributed by atoms with Crippen LogP contribution in [0.2, 0.25) is 0 Å². The molecule has 0 radical (unpaired) electrons. The molecule has 0 unspecified atom stereocenters. The summed E-state index contributed by atoms with van der Waals surface area (Å²) in [6.45, 7) is 1.83. The number of anilines is 1. The minimum atomic E-state index is 0.763. The van der Waals surface area contributed by atoms with Crippen molar-refractivity contribution >= 4 is 17.7 Å². The van der Waals surface area contributed by atoms with Gasteiger partial charge in [-0.05, 0) is 12.3 Å². The lowest BCUT2D eigenvalue weighted by atomic mass is 10.4. The minimum Gasteiger partial charge on any atom is -0.347 e. The molecule has 1 N–H and O–H groups in total. The lowest BCUT2D eigenvalue weighted by Crippen LogP contribution is -2.19. The van der Waals surface area contributed by atoms with Crippen LogP contribution in [-0.4, -0.2) is 42.6 Å². The van der Waals surface area contributed by atoms with Crippen molar-refractivity contribution in [1.29, 1.82) is 0 Å². The second-order valence-corrected chi connectivity index (χ2v) is 4.40. The molecule has 0 bridgehead atoms. The van der Waals surface area contributed by atoms with Gasteiger partial charge in [0.2, 0.25) is 5.95 Å². The molecule has 84 valence electrons. The summed E-state index contributed by atoms with van der Waals surface area (Å²) in [6, 6.07) is 1.94. The van der Waals surface area contributed by atoms with Gasteiger partial charge in [-0.1, -0.05) is 0 Å². The Morgan fingerprint density at radius 1 is 1.47 bits per heavy atom. The first-order valence-corrected chi connectivity index (χ1v) is 6.32. The van der Waals surface area contributed by atoms with Gasteiger partial charge in [-0.15, -0.1) is 0 Å². The molecule has 0 spiro atoms. The number of nitrogens with one attached hydrogen (secondary N) is 1. The van der Waals surface area contributed by atoms with Gasteiger partial charge in [0.15, 0.2) is 0 Å². The molecular formula is C10H18N4S. The van der Waals surface area contributed by atoms with Crippen molar-refractivity contribution in [3.8, 4) is 0 Å². The molecule has 0 aromatic carbocycles. The van der Waals surface area contributed by atoms with Gasteiger partial charge in [0.25, 0.3) is 0 Å². The molecule has 1 heterocycles. The zero-order valence-electron chi connectivity index (χ0n) is 9.53. The van der Waals surface area contributed by atoms with E-state index >= 15 is 0 Å². The molecule has 4 nitrogen and oxygen atoms in total. The quantitative estimate of drug-likeness (QED) is 0.733. The highest BCUT2D eigenvalue weighted by molar-refractivity contribution is 7.98. The van der Waals surface area contributed by atoms with Gasteiger partial charge >= 0.3 is 0 Å². The summed E-state index contributed by atoms with van der Waals surface area (Å²) in [7, 11) is 3.89. The zero-order valence-corrected chi connectivity index (χ0v) is 10.3. The number of thioether (sulfide) groups is 1. The van der Waals surface area contributed by atoms with Crippen LogP contribution in [0.25, 0.3) is 0 Å². The topological polar surface area (TPSA) is 41.1 Å². The summed E-state index contributed by atoms with van der Waals surface area (Å²) >= 11 is 1.84. The van der Waals surface area contributed by atoms with Gasteiger partial charge in [-0.25, -0.2) is 9.97 Å². The van der Waals surface area contributed by atoms with E-state index in [-0.39, 0.29) is 0 Å². The molecule has 0 aliphatic carbocycles. The highest BCUT2D eigenvalue weighted by Gasteiger charge is 2.00. The van der Waals surface area contributed by atoms with E-state index in [4.69, 9.17) is 0 Å². The van der Waals surface area contributed by atoms with E-state index in [2.05, 4.69) is 21.5 Å². The maximum Gasteiger partial charge on any atom is 0.225 e. The van der Waals surface area contributed by atoms with E-state index in [1.54, 1.807) is 6.20 Å². The first-order chi connectivity index (χ1) is 7.24. The third-order valence-corrected chi connectivity index (χ3v) is 2.50. The van der Waals surface area contributed by atoms with Crippen molar-refractivity contribution in [2.45, 2.75) is 6.54 Å². The van der Waals surface area contributed by atoms with E-state index < -0.39 is 0 Å². The van der Waals surface area contributed by atoms with Gasteiger partial charge in [-0.3, -0.25) is 0 Å². The molecule has 0 aliphatic rings. The Balaban J connectivity index is 2.43. The Labute approximate surface area is 95.5 Å². The highest BCUT2D eigenvalue weighted by atomic mass is 32.2. The average Bonchev–Trinajstić information content (AvgIpc) is 2.25. The van der Waals surface area contributed by atoms with Crippen LogP contribution in [-0.2, 0) is 6.54 Å². The molecule has 0 atom stereocenters. The summed E-state index contributed by atoms with van der Waals surface area (Å²) < 4.78 is 0. The predicted octanol–water partition coefficient (Wildman–Crippen LogP) is 0.995. The number of nitrogens with zero attached hydrogens (tertiary/aromatic N) is 3. The molecule has 15 heavy (non-hydrogen) atoms. The SMILES string of the molecule is CSCCNCc1ccnc(N(C)C)n1. The lowest BCUT2D eigenvalue weighted by Gasteiger charge is -2.10. The lowest BCUT2D eigenvalue weighted by molar-refractivity contribution is 0.712. The van der Waals surface area contributed by atoms with Crippen LogP contribution in [0, 0.1) is 0 Å². The van der Waals surface area contributed by atoms with Crippen molar-refractivity contribution in [2.24, 2.45) is 0 Å². The minimum absolute atomic E-state index is 0.763. The zero-order chi connectivity index (χ0) is 11.1. The molecule has 0 fully saturated rings. The fraction of sp³-hybridized carbons (Fsp3) is 0.600. The average molecular weight is 226 g/mol. The maximum absolute atomic E-state index is 4.42. The van der Waals surface area contributed by atoms with Crippen LogP contribution in [0.3, 0.4) is 0 Å². The maximum atomic E-state index is 4.42. The monoisotopic (exact) mass is 226 g/mol. The fourth-order valence-electron chi connectivity index (χ4n) is 1.09. The molecule has 1 aromatic rings. The summed E-state index contributed by atoms with van der Waals surface area (Å²) in [5.41, 5.74) is 1.04. The third kappa shape index (κ3) is 4.48. The molecule has 0 saturated carbocycles. The van der Waals surface area contributed by atoms with Gasteiger partial charge in [-0.2, -0.15) is 11.8 Å². The Kier molecular flexibility index (Phi) is 5.42. The molecule has 0 aliphatic heterocycles. The Morgan fingerprint density at radius 2 is 2.27 bits per heavy atom. The molecule has 1 rings (SSSR count). The van der Waals surface area contributed by atoms with E-state index in [9.17, 15) is 0 Å². The van der Waals surface area contributed by atoms with Crippen molar-refractivity contribution < 1.29 is 0 Å². The van der Waals surface area contributed by atoms with Crippen molar-refractivity contribution in [1.82, 2.24) is 15.3 Å². The van der Waals surface area contributed by atoms with Crippen LogP contribution in [0.15, 0.2) is 12.3 Å². The van der Waals surface area contributed by atoms with Crippen LogP contribution in [0.1, 0.15) is 5.69 Å². The van der Waals surface area contributed by atoms with Crippen LogP contribution in [0.4, 0.5) is 5.95 Å². The molecule has 0 amide bonds. The van der Waals surface area contributed by atoms with Crippen LogP contribution >= 0.6 is 11.8 Å². The number of hydrogen-bond donors (Lipinski definition) is 1. The summed E-state index contributed by atoms with van der Waals surface area (Å²) in [5, 5.41) is 3.34. The van der Waals surface area contributed by atoms with Crippen molar-refractivity contribution in [3.63, 3.8) is 0 Å². The summed E-state index contributed by atoms with van der Waals surface area (Å²) in [6.07, 6.45) is 3.91. The van der Waals surface area contributed by atoms with Crippen LogP contribution in [0.5, 0.6) is 0 Å². The third-order valence-electron chi connectivity index (χ3n) is 1.89. The highest BCUT2D eigenvalue weighted by Crippen LogP contribution is 2.02. The standard InChI is InChI=1S/C10H18N4S/c1-14(2)10-12-5-4-9(13-10)8-11-6-7-15-3/h4-5,11H,6-8H2,1-3H3. The normalized spacial score (nSPS) is 10.3. The summed E-state index contributed by atoms with van der Waals surface area (Å²) in [4.78, 5) is 10.5. The van der Waals surface area contributed by atoms with E-state index in [0.29, 0.717) is 0 Å². The second-order valence-electron chi connectivity index (χ2n) is 3.41. The molecule has 0 saturated heterocycles. The van der Waals surface area contributed by atoms with Crippen molar-refractivity contribution in [2.75, 3.05) is 37.5 Å². The summed E-state index contributed by atoms with van der Waals surface area (Å²) in [5.74, 6) is 1.89. The Bertz CT molecular complexity index is 291. The number of hydrogen-bond acceptors (Lipinski definition) is 5. The Morgan fingerprint density at radius 3 is 2.93 bits per heavy atom. The largest absolute Gasteiger partial charge is 0.347 e. The first-order valence-electron chi connectivity index (χ1n) is 4.93. The molecule has 1 aromatic heterocycles. The fourth-order valence-corrected chi connectivity index (χ4v) is 1.44.